The smallest absolute Gasteiger partial charge is 0.136 e. The van der Waals surface area contributed by atoms with E-state index in [9.17, 15) is 0 Å². The minimum Gasteiger partial charge on any atom is -0.355 e. The molecule has 98 valence electrons. The van der Waals surface area contributed by atoms with Crippen molar-refractivity contribution in [1.82, 2.24) is 20.3 Å². The van der Waals surface area contributed by atoms with Crippen LogP contribution in [-0.2, 0) is 19.5 Å². The van der Waals surface area contributed by atoms with E-state index in [1.807, 2.05) is 24.5 Å². The number of hydrogen-bond acceptors (Lipinski definition) is 5. The Labute approximate surface area is 112 Å². The summed E-state index contributed by atoms with van der Waals surface area (Å²) in [5, 5.41) is 3.38. The summed E-state index contributed by atoms with van der Waals surface area (Å²) >= 11 is 0. The predicted molar refractivity (Wildman–Crippen MR) is 73.8 cm³/mol. The molecular formula is C14H17N5. The molecule has 0 aliphatic carbocycles. The van der Waals surface area contributed by atoms with Crippen LogP contribution in [-0.4, -0.2) is 28.5 Å². The largest absolute Gasteiger partial charge is 0.355 e. The molecule has 1 N–H and O–H groups in total. The molecular weight excluding hydrogens is 238 g/mol. The summed E-state index contributed by atoms with van der Waals surface area (Å²) in [6.07, 6.45) is 6.29. The van der Waals surface area contributed by atoms with E-state index in [-0.39, 0.29) is 0 Å². The first kappa shape index (κ1) is 12.0. The lowest BCUT2D eigenvalue weighted by Gasteiger charge is -2.25. The van der Waals surface area contributed by atoms with Gasteiger partial charge in [0.25, 0.3) is 0 Å². The molecule has 0 atom stereocenters. The van der Waals surface area contributed by atoms with Gasteiger partial charge in [-0.3, -0.25) is 4.98 Å². The topological polar surface area (TPSA) is 53.9 Å². The highest BCUT2D eigenvalue weighted by Gasteiger charge is 2.17. The number of fused-ring (bicyclic) bond motifs is 1. The van der Waals surface area contributed by atoms with Crippen LogP contribution in [0.25, 0.3) is 0 Å². The van der Waals surface area contributed by atoms with E-state index in [2.05, 4.69) is 32.2 Å². The van der Waals surface area contributed by atoms with Gasteiger partial charge in [-0.1, -0.05) is 0 Å². The van der Waals surface area contributed by atoms with Crippen molar-refractivity contribution in [2.24, 2.45) is 0 Å². The second-order valence-electron chi connectivity index (χ2n) is 4.76. The third-order valence-corrected chi connectivity index (χ3v) is 3.38. The van der Waals surface area contributed by atoms with Gasteiger partial charge < -0.3 is 10.2 Å². The van der Waals surface area contributed by atoms with Crippen LogP contribution in [0.2, 0.25) is 0 Å². The molecule has 0 amide bonds. The molecule has 0 saturated carbocycles. The Balaban J connectivity index is 1.86. The Morgan fingerprint density at radius 3 is 2.95 bits per heavy atom. The highest BCUT2D eigenvalue weighted by Crippen LogP contribution is 2.22. The quantitative estimate of drug-likeness (QED) is 0.891. The number of aromatic nitrogens is 3. The van der Waals surface area contributed by atoms with Crippen molar-refractivity contribution in [1.29, 1.82) is 0 Å². The lowest BCUT2D eigenvalue weighted by Crippen LogP contribution is -2.28. The van der Waals surface area contributed by atoms with Gasteiger partial charge in [0.2, 0.25) is 0 Å². The molecule has 0 bridgehead atoms. The monoisotopic (exact) mass is 255 g/mol. The Hall–Kier alpha value is -2.01. The molecule has 0 spiro atoms. The van der Waals surface area contributed by atoms with Crippen LogP contribution in [0.1, 0.15) is 16.8 Å². The van der Waals surface area contributed by atoms with E-state index < -0.39 is 0 Å². The highest BCUT2D eigenvalue weighted by molar-refractivity contribution is 5.49. The van der Waals surface area contributed by atoms with Gasteiger partial charge in [0.1, 0.15) is 12.1 Å². The fraction of sp³-hybridized carbons (Fsp3) is 0.357. The lowest BCUT2D eigenvalue weighted by molar-refractivity contribution is 0.622. The van der Waals surface area contributed by atoms with Crippen LogP contribution in [0, 0.1) is 0 Å². The zero-order valence-corrected chi connectivity index (χ0v) is 11.0. The van der Waals surface area contributed by atoms with E-state index in [1.165, 1.54) is 16.8 Å². The molecule has 19 heavy (non-hydrogen) atoms. The maximum Gasteiger partial charge on any atom is 0.136 e. The second kappa shape index (κ2) is 5.32. The number of hydrogen-bond donors (Lipinski definition) is 1. The highest BCUT2D eigenvalue weighted by atomic mass is 15.2. The molecule has 3 heterocycles. The maximum atomic E-state index is 4.45. The van der Waals surface area contributed by atoms with Crippen LogP contribution < -0.4 is 10.2 Å². The summed E-state index contributed by atoms with van der Waals surface area (Å²) in [6.45, 7) is 2.68. The minimum absolute atomic E-state index is 0.825. The van der Waals surface area contributed by atoms with Gasteiger partial charge >= 0.3 is 0 Å². The van der Waals surface area contributed by atoms with Gasteiger partial charge in [-0.05, 0) is 17.7 Å². The summed E-state index contributed by atoms with van der Waals surface area (Å²) in [7, 11) is 2.07. The number of nitrogens with zero attached hydrogens (tertiary/aromatic N) is 4. The lowest BCUT2D eigenvalue weighted by atomic mass is 10.1. The third-order valence-electron chi connectivity index (χ3n) is 3.38. The van der Waals surface area contributed by atoms with Gasteiger partial charge in [0, 0.05) is 51.1 Å². The second-order valence-corrected chi connectivity index (χ2v) is 4.76. The first-order valence-corrected chi connectivity index (χ1v) is 6.48. The normalized spacial score (nSPS) is 13.9. The molecule has 0 saturated heterocycles. The van der Waals surface area contributed by atoms with Crippen LogP contribution in [0.3, 0.4) is 0 Å². The fourth-order valence-electron chi connectivity index (χ4n) is 2.42. The molecule has 0 fully saturated rings. The number of nitrogens with one attached hydrogen (secondary N) is 1. The van der Waals surface area contributed by atoms with Crippen molar-refractivity contribution in [2.75, 3.05) is 18.5 Å². The number of pyridine rings is 1. The summed E-state index contributed by atoms with van der Waals surface area (Å²) in [5.74, 6) is 1.02. The Morgan fingerprint density at radius 1 is 1.26 bits per heavy atom. The molecule has 1 aliphatic heterocycles. The van der Waals surface area contributed by atoms with E-state index >= 15 is 0 Å². The molecule has 2 aromatic heterocycles. The Bertz CT molecular complexity index is 555. The van der Waals surface area contributed by atoms with E-state index in [4.69, 9.17) is 0 Å². The van der Waals surface area contributed by atoms with Gasteiger partial charge in [-0.2, -0.15) is 0 Å². The first-order valence-electron chi connectivity index (χ1n) is 6.48. The molecule has 5 heteroatoms. The van der Waals surface area contributed by atoms with Crippen molar-refractivity contribution in [3.05, 3.63) is 47.7 Å². The molecule has 0 aromatic carbocycles. The number of anilines is 1. The van der Waals surface area contributed by atoms with Gasteiger partial charge in [-0.25, -0.2) is 9.97 Å². The summed E-state index contributed by atoms with van der Waals surface area (Å²) in [4.78, 5) is 15.0. The molecule has 1 aliphatic rings. The third kappa shape index (κ3) is 2.56. The van der Waals surface area contributed by atoms with E-state index in [0.29, 0.717) is 0 Å². The first-order chi connectivity index (χ1) is 9.34. The SMILES string of the molecule is CN(Cc1ccncc1)c1ncnc2c1CNCC2. The van der Waals surface area contributed by atoms with Crippen molar-refractivity contribution in [2.45, 2.75) is 19.5 Å². The molecule has 2 aromatic rings. The van der Waals surface area contributed by atoms with Crippen LogP contribution >= 0.6 is 0 Å². The Morgan fingerprint density at radius 2 is 2.11 bits per heavy atom. The molecule has 0 radical (unpaired) electrons. The maximum absolute atomic E-state index is 4.45. The Kier molecular flexibility index (Phi) is 3.37. The van der Waals surface area contributed by atoms with Gasteiger partial charge in [0.15, 0.2) is 0 Å². The standard InChI is InChI=1S/C14H17N5/c1-19(9-11-2-5-15-6-3-11)14-12-8-16-7-4-13(12)17-10-18-14/h2-3,5-6,10,16H,4,7-9H2,1H3. The molecule has 5 nitrogen and oxygen atoms in total. The van der Waals surface area contributed by atoms with Crippen molar-refractivity contribution in [3.8, 4) is 0 Å². The number of rotatable bonds is 3. The zero-order chi connectivity index (χ0) is 13.1. The van der Waals surface area contributed by atoms with Crippen molar-refractivity contribution < 1.29 is 0 Å². The van der Waals surface area contributed by atoms with Crippen LogP contribution in [0.5, 0.6) is 0 Å². The molecule has 0 unspecified atom stereocenters. The average Bonchev–Trinajstić information content (AvgIpc) is 2.47. The van der Waals surface area contributed by atoms with Crippen LogP contribution in [0.15, 0.2) is 30.9 Å². The van der Waals surface area contributed by atoms with E-state index in [0.717, 1.165) is 31.9 Å². The zero-order valence-electron chi connectivity index (χ0n) is 11.0. The predicted octanol–water partition coefficient (Wildman–Crippen LogP) is 1.15. The molecule has 3 rings (SSSR count). The summed E-state index contributed by atoms with van der Waals surface area (Å²) < 4.78 is 0. The van der Waals surface area contributed by atoms with Crippen molar-refractivity contribution >= 4 is 5.82 Å². The van der Waals surface area contributed by atoms with Crippen molar-refractivity contribution in [3.63, 3.8) is 0 Å². The van der Waals surface area contributed by atoms with Gasteiger partial charge in [0.05, 0.1) is 5.69 Å². The van der Waals surface area contributed by atoms with Gasteiger partial charge in [-0.15, -0.1) is 0 Å². The van der Waals surface area contributed by atoms with E-state index in [1.54, 1.807) is 6.33 Å². The minimum atomic E-state index is 0.825. The fourth-order valence-corrected chi connectivity index (χ4v) is 2.42. The average molecular weight is 255 g/mol. The van der Waals surface area contributed by atoms with Crippen LogP contribution in [0.4, 0.5) is 5.82 Å². The summed E-state index contributed by atoms with van der Waals surface area (Å²) in [5.41, 5.74) is 3.63. The summed E-state index contributed by atoms with van der Waals surface area (Å²) in [6, 6.07) is 4.06.